The second kappa shape index (κ2) is 8.60. The first kappa shape index (κ1) is 17.4. The summed E-state index contributed by atoms with van der Waals surface area (Å²) in [5, 5.41) is 12.8. The van der Waals surface area contributed by atoms with Crippen LogP contribution in [0.25, 0.3) is 0 Å². The van der Waals surface area contributed by atoms with E-state index in [0.29, 0.717) is 19.0 Å². The quantitative estimate of drug-likeness (QED) is 0.632. The Kier molecular flexibility index (Phi) is 7.48. The van der Waals surface area contributed by atoms with E-state index in [0.717, 1.165) is 45.6 Å². The van der Waals surface area contributed by atoms with Crippen molar-refractivity contribution in [1.29, 1.82) is 0 Å². The zero-order valence-corrected chi connectivity index (χ0v) is 13.2. The Morgan fingerprint density at radius 2 is 2.20 bits per heavy atom. The lowest BCUT2D eigenvalue weighted by Crippen LogP contribution is -2.58. The lowest BCUT2D eigenvalue weighted by atomic mass is 9.78. The van der Waals surface area contributed by atoms with E-state index in [2.05, 4.69) is 17.1 Å². The van der Waals surface area contributed by atoms with Crippen molar-refractivity contribution < 1.29 is 14.6 Å². The van der Waals surface area contributed by atoms with Crippen LogP contribution in [0.15, 0.2) is 0 Å². The molecule has 0 radical (unpaired) electrons. The van der Waals surface area contributed by atoms with E-state index in [-0.39, 0.29) is 0 Å². The van der Waals surface area contributed by atoms with Crippen molar-refractivity contribution in [3.63, 3.8) is 0 Å². The first-order chi connectivity index (χ1) is 9.59. The van der Waals surface area contributed by atoms with Gasteiger partial charge in [0.15, 0.2) is 0 Å². The van der Waals surface area contributed by atoms with E-state index in [4.69, 9.17) is 4.74 Å². The molecule has 2 unspecified atom stereocenters. The van der Waals surface area contributed by atoms with Gasteiger partial charge in [-0.1, -0.05) is 13.8 Å². The zero-order chi connectivity index (χ0) is 15.0. The van der Waals surface area contributed by atoms with Crippen molar-refractivity contribution in [3.05, 3.63) is 0 Å². The van der Waals surface area contributed by atoms with Gasteiger partial charge >= 0.3 is 5.97 Å². The molecule has 118 valence electrons. The molecule has 20 heavy (non-hydrogen) atoms. The van der Waals surface area contributed by atoms with Gasteiger partial charge in [0.25, 0.3) is 0 Å². The molecule has 5 nitrogen and oxygen atoms in total. The van der Waals surface area contributed by atoms with Crippen LogP contribution in [0.2, 0.25) is 0 Å². The summed E-state index contributed by atoms with van der Waals surface area (Å²) in [6, 6.07) is 0.337. The highest BCUT2D eigenvalue weighted by Crippen LogP contribution is 2.31. The van der Waals surface area contributed by atoms with Gasteiger partial charge in [0.05, 0.1) is 6.61 Å². The first-order valence-electron chi connectivity index (χ1n) is 7.89. The SMILES string of the molecule is CCNC1(C(=O)O)CCCC(N(CC)CCOCC)C1. The second-order valence-electron chi connectivity index (χ2n) is 5.49. The molecule has 2 N–H and O–H groups in total. The number of hydrogen-bond donors (Lipinski definition) is 2. The summed E-state index contributed by atoms with van der Waals surface area (Å²) < 4.78 is 5.43. The lowest BCUT2D eigenvalue weighted by Gasteiger charge is -2.42. The van der Waals surface area contributed by atoms with Gasteiger partial charge in [0.1, 0.15) is 5.54 Å². The molecule has 2 atom stereocenters. The lowest BCUT2D eigenvalue weighted by molar-refractivity contribution is -0.147. The Labute approximate surface area is 122 Å². The van der Waals surface area contributed by atoms with Crippen LogP contribution in [0.5, 0.6) is 0 Å². The molecule has 0 aromatic heterocycles. The van der Waals surface area contributed by atoms with E-state index in [9.17, 15) is 9.90 Å². The smallest absolute Gasteiger partial charge is 0.323 e. The first-order valence-corrected chi connectivity index (χ1v) is 7.89. The predicted octanol–water partition coefficient (Wildman–Crippen LogP) is 1.72. The van der Waals surface area contributed by atoms with Gasteiger partial charge in [0, 0.05) is 19.2 Å². The zero-order valence-electron chi connectivity index (χ0n) is 13.2. The molecule has 5 heteroatoms. The van der Waals surface area contributed by atoms with Crippen molar-refractivity contribution in [2.24, 2.45) is 0 Å². The number of nitrogens with one attached hydrogen (secondary N) is 1. The molecule has 0 saturated heterocycles. The molecule has 0 amide bonds. The molecule has 0 aliphatic heterocycles. The van der Waals surface area contributed by atoms with Gasteiger partial charge in [-0.05, 0) is 45.7 Å². The largest absolute Gasteiger partial charge is 0.480 e. The molecule has 1 aliphatic carbocycles. The number of rotatable bonds is 9. The van der Waals surface area contributed by atoms with E-state index in [1.807, 2.05) is 13.8 Å². The summed E-state index contributed by atoms with van der Waals surface area (Å²) in [7, 11) is 0. The summed E-state index contributed by atoms with van der Waals surface area (Å²) in [6.45, 7) is 10.1. The van der Waals surface area contributed by atoms with E-state index >= 15 is 0 Å². The maximum absolute atomic E-state index is 11.7. The van der Waals surface area contributed by atoms with Crippen LogP contribution in [-0.2, 0) is 9.53 Å². The van der Waals surface area contributed by atoms with Gasteiger partial charge < -0.3 is 15.2 Å². The summed E-state index contributed by atoms with van der Waals surface area (Å²) in [4.78, 5) is 14.0. The molecule has 0 heterocycles. The molecular formula is C15H30N2O3. The highest BCUT2D eigenvalue weighted by atomic mass is 16.5. The minimum Gasteiger partial charge on any atom is -0.480 e. The van der Waals surface area contributed by atoms with Crippen LogP contribution in [0.4, 0.5) is 0 Å². The summed E-state index contributed by atoms with van der Waals surface area (Å²) in [5.74, 6) is -0.704. The Morgan fingerprint density at radius 3 is 2.75 bits per heavy atom. The van der Waals surface area contributed by atoms with E-state index < -0.39 is 11.5 Å². The van der Waals surface area contributed by atoms with Gasteiger partial charge in [-0.25, -0.2) is 0 Å². The number of carbonyl (C=O) groups is 1. The molecule has 0 bridgehead atoms. The standard InChI is InChI=1S/C15H30N2O3/c1-4-16-15(14(18)19)9-7-8-13(12-15)17(5-2)10-11-20-6-3/h13,16H,4-12H2,1-3H3,(H,18,19). The number of likely N-dealkylation sites (N-methyl/N-ethyl adjacent to an activating group) is 2. The molecule has 1 rings (SSSR count). The molecule has 0 aromatic rings. The Hall–Kier alpha value is -0.650. The summed E-state index contributed by atoms with van der Waals surface area (Å²) >= 11 is 0. The Bertz CT molecular complexity index is 295. The van der Waals surface area contributed by atoms with Crippen molar-refractivity contribution in [2.75, 3.05) is 32.8 Å². The van der Waals surface area contributed by atoms with E-state index in [1.165, 1.54) is 0 Å². The number of hydrogen-bond acceptors (Lipinski definition) is 4. The minimum atomic E-state index is -0.739. The Balaban J connectivity index is 2.67. The third kappa shape index (κ3) is 4.43. The molecule has 0 aromatic carbocycles. The number of nitrogens with zero attached hydrogens (tertiary/aromatic N) is 1. The van der Waals surface area contributed by atoms with Crippen molar-refractivity contribution in [2.45, 2.75) is 58.0 Å². The molecule has 1 aliphatic rings. The third-order valence-corrected chi connectivity index (χ3v) is 4.30. The number of carboxylic acid groups (broad SMARTS) is 1. The highest BCUT2D eigenvalue weighted by molar-refractivity contribution is 5.79. The average Bonchev–Trinajstić information content (AvgIpc) is 2.44. The summed E-state index contributed by atoms with van der Waals surface area (Å²) in [6.07, 6.45) is 3.47. The molecule has 0 spiro atoms. The number of ether oxygens (including phenoxy) is 1. The third-order valence-electron chi connectivity index (χ3n) is 4.30. The van der Waals surface area contributed by atoms with Crippen molar-refractivity contribution >= 4 is 5.97 Å². The normalized spacial score (nSPS) is 26.9. The maximum atomic E-state index is 11.7. The predicted molar refractivity (Wildman–Crippen MR) is 80.0 cm³/mol. The fourth-order valence-electron chi connectivity index (χ4n) is 3.25. The maximum Gasteiger partial charge on any atom is 0.323 e. The number of aliphatic carboxylic acids is 1. The van der Waals surface area contributed by atoms with Gasteiger partial charge in [-0.15, -0.1) is 0 Å². The van der Waals surface area contributed by atoms with Crippen LogP contribution < -0.4 is 5.32 Å². The van der Waals surface area contributed by atoms with Crippen LogP contribution in [0.3, 0.4) is 0 Å². The van der Waals surface area contributed by atoms with Crippen molar-refractivity contribution in [3.8, 4) is 0 Å². The van der Waals surface area contributed by atoms with Gasteiger partial charge in [-0.2, -0.15) is 0 Å². The summed E-state index contributed by atoms with van der Waals surface area (Å²) in [5.41, 5.74) is -0.739. The van der Waals surface area contributed by atoms with Crippen LogP contribution in [0.1, 0.15) is 46.5 Å². The van der Waals surface area contributed by atoms with Crippen LogP contribution in [0, 0.1) is 0 Å². The van der Waals surface area contributed by atoms with E-state index in [1.54, 1.807) is 0 Å². The topological polar surface area (TPSA) is 61.8 Å². The fraction of sp³-hybridized carbons (Fsp3) is 0.933. The second-order valence-corrected chi connectivity index (χ2v) is 5.49. The molecule has 1 fully saturated rings. The fourth-order valence-corrected chi connectivity index (χ4v) is 3.25. The van der Waals surface area contributed by atoms with Crippen LogP contribution >= 0.6 is 0 Å². The average molecular weight is 286 g/mol. The van der Waals surface area contributed by atoms with Gasteiger partial charge in [-0.3, -0.25) is 9.69 Å². The molecule has 1 saturated carbocycles. The monoisotopic (exact) mass is 286 g/mol. The van der Waals surface area contributed by atoms with Gasteiger partial charge in [0.2, 0.25) is 0 Å². The van der Waals surface area contributed by atoms with Crippen molar-refractivity contribution in [1.82, 2.24) is 10.2 Å². The molecular weight excluding hydrogens is 256 g/mol. The number of carboxylic acids is 1. The minimum absolute atomic E-state index is 0.337. The van der Waals surface area contributed by atoms with Crippen LogP contribution in [-0.4, -0.2) is 60.4 Å². The highest BCUT2D eigenvalue weighted by Gasteiger charge is 2.43. The Morgan fingerprint density at radius 1 is 1.45 bits per heavy atom.